The summed E-state index contributed by atoms with van der Waals surface area (Å²) >= 11 is 0. The van der Waals surface area contributed by atoms with E-state index in [1.807, 2.05) is 18.2 Å². The highest BCUT2D eigenvalue weighted by molar-refractivity contribution is 5.56. The highest BCUT2D eigenvalue weighted by Gasteiger charge is 2.04. The molecule has 0 amide bonds. The van der Waals surface area contributed by atoms with Crippen molar-refractivity contribution in [3.8, 4) is 24.3 Å². The van der Waals surface area contributed by atoms with Gasteiger partial charge in [0.25, 0.3) is 0 Å². The number of hydrogen-bond acceptors (Lipinski definition) is 5. The van der Waals surface area contributed by atoms with Gasteiger partial charge < -0.3 is 5.32 Å². The van der Waals surface area contributed by atoms with Crippen LogP contribution in [0.3, 0.4) is 0 Å². The molecule has 0 heterocycles. The Morgan fingerprint density at radius 3 is 1.85 bits per heavy atom. The lowest BCUT2D eigenvalue weighted by molar-refractivity contribution is 0.627. The van der Waals surface area contributed by atoms with E-state index in [9.17, 15) is 4.39 Å². The second-order valence-corrected chi connectivity index (χ2v) is 5.35. The number of halogens is 1. The zero-order valence-electron chi connectivity index (χ0n) is 14.4. The predicted molar refractivity (Wildman–Crippen MR) is 95.1 cm³/mol. The summed E-state index contributed by atoms with van der Waals surface area (Å²) in [7, 11) is 0. The first-order valence-electron chi connectivity index (χ1n) is 7.79. The van der Waals surface area contributed by atoms with Crippen LogP contribution in [0.4, 0.5) is 10.1 Å². The number of nitrogens with zero attached hydrogens (tertiary/aromatic N) is 4. The van der Waals surface area contributed by atoms with Gasteiger partial charge in [0.05, 0.1) is 22.3 Å². The molecule has 0 saturated carbocycles. The average molecular weight is 345 g/mol. The van der Waals surface area contributed by atoms with Crippen LogP contribution in [0, 0.1) is 51.1 Å². The van der Waals surface area contributed by atoms with Crippen LogP contribution in [0.15, 0.2) is 36.4 Å². The van der Waals surface area contributed by atoms with Gasteiger partial charge >= 0.3 is 0 Å². The molecule has 5 nitrogen and oxygen atoms in total. The fourth-order valence-corrected chi connectivity index (χ4v) is 1.92. The highest BCUT2D eigenvalue weighted by Crippen LogP contribution is 2.16. The smallest absolute Gasteiger partial charge is 0.124 e. The van der Waals surface area contributed by atoms with Crippen molar-refractivity contribution in [3.63, 3.8) is 0 Å². The minimum absolute atomic E-state index is 0.0764. The van der Waals surface area contributed by atoms with E-state index in [2.05, 4.69) is 19.2 Å². The second kappa shape index (κ2) is 10.1. The number of nitrogens with one attached hydrogen (secondary N) is 1. The third-order valence-corrected chi connectivity index (χ3v) is 3.51. The standard InChI is InChI=1S/C12H13N3.C8H3FN2/c1-3-9(2)15-12-5-4-10(7-13)11(6-12)8-14;9-8-2-1-6(4-10)7(3-8)5-11/h4-6,9,15H,3H2,1-2H3;1-3H/t9-;/m1./s1. The molecule has 6 heteroatoms. The molecule has 0 radical (unpaired) electrons. The van der Waals surface area contributed by atoms with Crippen LogP contribution >= 0.6 is 0 Å². The molecule has 0 aliphatic heterocycles. The molecule has 0 unspecified atom stereocenters. The molecule has 0 aliphatic rings. The Balaban J connectivity index is 0.000000273. The van der Waals surface area contributed by atoms with Crippen molar-refractivity contribution in [2.24, 2.45) is 0 Å². The summed E-state index contributed by atoms with van der Waals surface area (Å²) in [4.78, 5) is 0. The van der Waals surface area contributed by atoms with Crippen LogP contribution in [0.25, 0.3) is 0 Å². The lowest BCUT2D eigenvalue weighted by Gasteiger charge is -2.13. The van der Waals surface area contributed by atoms with E-state index >= 15 is 0 Å². The number of rotatable bonds is 3. The molecule has 0 aromatic heterocycles. The SMILES string of the molecule is CC[C@@H](C)Nc1ccc(C#N)c(C#N)c1.N#Cc1ccc(F)cc1C#N. The quantitative estimate of drug-likeness (QED) is 0.896. The molecule has 2 rings (SSSR count). The van der Waals surface area contributed by atoms with Gasteiger partial charge in [-0.05, 0) is 49.7 Å². The van der Waals surface area contributed by atoms with E-state index < -0.39 is 5.82 Å². The Kier molecular flexibility index (Phi) is 7.83. The molecule has 0 fully saturated rings. The molecular formula is C20H16FN5. The molecule has 1 atom stereocenters. The van der Waals surface area contributed by atoms with Crippen LogP contribution in [0.5, 0.6) is 0 Å². The maximum Gasteiger partial charge on any atom is 0.124 e. The molecule has 2 aromatic carbocycles. The Morgan fingerprint density at radius 1 is 0.846 bits per heavy atom. The maximum absolute atomic E-state index is 12.4. The van der Waals surface area contributed by atoms with Gasteiger partial charge in [-0.3, -0.25) is 0 Å². The Bertz CT molecular complexity index is 939. The normalized spacial score (nSPS) is 9.96. The first-order valence-corrected chi connectivity index (χ1v) is 7.79. The highest BCUT2D eigenvalue weighted by atomic mass is 19.1. The summed E-state index contributed by atoms with van der Waals surface area (Å²) in [5.41, 5.74) is 2.01. The van der Waals surface area contributed by atoms with E-state index in [0.717, 1.165) is 24.2 Å². The van der Waals surface area contributed by atoms with Crippen molar-refractivity contribution in [2.75, 3.05) is 5.32 Å². The molecule has 26 heavy (non-hydrogen) atoms. The Labute approximate surface area is 152 Å². The molecule has 1 N–H and O–H groups in total. The fourth-order valence-electron chi connectivity index (χ4n) is 1.92. The van der Waals surface area contributed by atoms with Gasteiger partial charge in [0.1, 0.15) is 30.1 Å². The summed E-state index contributed by atoms with van der Waals surface area (Å²) < 4.78 is 12.4. The van der Waals surface area contributed by atoms with E-state index in [1.54, 1.807) is 24.3 Å². The van der Waals surface area contributed by atoms with Crippen molar-refractivity contribution in [1.82, 2.24) is 0 Å². The van der Waals surface area contributed by atoms with Gasteiger partial charge in [-0.15, -0.1) is 0 Å². The second-order valence-electron chi connectivity index (χ2n) is 5.35. The molecule has 0 saturated heterocycles. The van der Waals surface area contributed by atoms with Crippen LogP contribution in [0.2, 0.25) is 0 Å². The molecule has 0 bridgehead atoms. The van der Waals surface area contributed by atoms with Crippen molar-refractivity contribution in [1.29, 1.82) is 21.0 Å². The van der Waals surface area contributed by atoms with E-state index in [0.29, 0.717) is 17.2 Å². The molecule has 128 valence electrons. The third kappa shape index (κ3) is 5.64. The maximum atomic E-state index is 12.4. The monoisotopic (exact) mass is 345 g/mol. The number of hydrogen-bond donors (Lipinski definition) is 1. The summed E-state index contributed by atoms with van der Waals surface area (Å²) in [6.45, 7) is 4.16. The minimum Gasteiger partial charge on any atom is -0.383 e. The summed E-state index contributed by atoms with van der Waals surface area (Å²) in [5.74, 6) is -0.499. The third-order valence-electron chi connectivity index (χ3n) is 3.51. The topological polar surface area (TPSA) is 107 Å². The first kappa shape index (κ1) is 20.2. The summed E-state index contributed by atoms with van der Waals surface area (Å²) in [6.07, 6.45) is 1.02. The molecular weight excluding hydrogens is 329 g/mol. The minimum atomic E-state index is -0.499. The van der Waals surface area contributed by atoms with Gasteiger partial charge in [0, 0.05) is 11.7 Å². The fraction of sp³-hybridized carbons (Fsp3) is 0.200. The van der Waals surface area contributed by atoms with Crippen LogP contribution in [0.1, 0.15) is 42.5 Å². The largest absolute Gasteiger partial charge is 0.383 e. The Morgan fingerprint density at radius 2 is 1.35 bits per heavy atom. The summed E-state index contributed by atoms with van der Waals surface area (Å²) in [5, 5.41) is 37.7. The van der Waals surface area contributed by atoms with E-state index in [4.69, 9.17) is 21.0 Å². The van der Waals surface area contributed by atoms with Gasteiger partial charge in [0.2, 0.25) is 0 Å². The van der Waals surface area contributed by atoms with Crippen LogP contribution < -0.4 is 5.32 Å². The van der Waals surface area contributed by atoms with E-state index in [1.165, 1.54) is 6.07 Å². The van der Waals surface area contributed by atoms with Crippen molar-refractivity contribution in [3.05, 3.63) is 64.5 Å². The van der Waals surface area contributed by atoms with Crippen LogP contribution in [-0.2, 0) is 0 Å². The first-order chi connectivity index (χ1) is 12.5. The van der Waals surface area contributed by atoms with Gasteiger partial charge in [-0.1, -0.05) is 6.92 Å². The lowest BCUT2D eigenvalue weighted by Crippen LogP contribution is -2.13. The van der Waals surface area contributed by atoms with Crippen molar-refractivity contribution < 1.29 is 4.39 Å². The molecule has 0 spiro atoms. The zero-order chi connectivity index (χ0) is 19.5. The average Bonchev–Trinajstić information content (AvgIpc) is 2.68. The van der Waals surface area contributed by atoms with Gasteiger partial charge in [0.15, 0.2) is 0 Å². The summed E-state index contributed by atoms with van der Waals surface area (Å²) in [6, 6.07) is 16.6. The number of anilines is 1. The van der Waals surface area contributed by atoms with Crippen molar-refractivity contribution >= 4 is 5.69 Å². The molecule has 0 aliphatic carbocycles. The van der Waals surface area contributed by atoms with Crippen molar-refractivity contribution in [2.45, 2.75) is 26.3 Å². The zero-order valence-corrected chi connectivity index (χ0v) is 14.4. The molecule has 2 aromatic rings. The lowest BCUT2D eigenvalue weighted by atomic mass is 10.1. The van der Waals surface area contributed by atoms with E-state index in [-0.39, 0.29) is 11.1 Å². The van der Waals surface area contributed by atoms with Crippen LogP contribution in [-0.4, -0.2) is 6.04 Å². The predicted octanol–water partition coefficient (Wildman–Crippen LogP) is 4.21. The number of nitriles is 4. The Hall–Kier alpha value is -3.87. The van der Waals surface area contributed by atoms with Gasteiger partial charge in [-0.2, -0.15) is 21.0 Å². The van der Waals surface area contributed by atoms with Gasteiger partial charge in [-0.25, -0.2) is 4.39 Å². The number of benzene rings is 2.